The Labute approximate surface area is 110 Å². The summed E-state index contributed by atoms with van der Waals surface area (Å²) in [5.74, 6) is -5.74. The highest BCUT2D eigenvalue weighted by molar-refractivity contribution is 6.04. The molecule has 0 aromatic heterocycles. The van der Waals surface area contributed by atoms with Crippen LogP contribution in [0.1, 0.15) is 34.1 Å². The zero-order chi connectivity index (χ0) is 14.8. The second kappa shape index (κ2) is 5.38. The van der Waals surface area contributed by atoms with Crippen LogP contribution in [-0.2, 0) is 33.4 Å². The van der Waals surface area contributed by atoms with Crippen LogP contribution in [0.4, 0.5) is 0 Å². The fourth-order valence-corrected chi connectivity index (χ4v) is 1.62. The maximum Gasteiger partial charge on any atom is 0.362 e. The van der Waals surface area contributed by atoms with Crippen molar-refractivity contribution in [3.05, 3.63) is 0 Å². The molecule has 0 aromatic carbocycles. The van der Waals surface area contributed by atoms with E-state index in [0.29, 0.717) is 0 Å². The van der Waals surface area contributed by atoms with Gasteiger partial charge in [-0.05, 0) is 13.3 Å². The number of ketones is 1. The van der Waals surface area contributed by atoms with Crippen molar-refractivity contribution in [3.8, 4) is 0 Å². The van der Waals surface area contributed by atoms with Crippen molar-refractivity contribution < 1.29 is 33.4 Å². The van der Waals surface area contributed by atoms with Crippen molar-refractivity contribution in [2.45, 2.75) is 46.0 Å². The van der Waals surface area contributed by atoms with Crippen molar-refractivity contribution in [3.63, 3.8) is 0 Å². The molecule has 0 saturated carbocycles. The molecule has 0 N–H and O–H groups in total. The summed E-state index contributed by atoms with van der Waals surface area (Å²) in [6.07, 6.45) is -1.55. The zero-order valence-electron chi connectivity index (χ0n) is 11.2. The lowest BCUT2D eigenvalue weighted by atomic mass is 10.0. The van der Waals surface area contributed by atoms with Gasteiger partial charge in [-0.1, -0.05) is 6.92 Å². The molecule has 106 valence electrons. The molecule has 1 saturated heterocycles. The van der Waals surface area contributed by atoms with Crippen LogP contribution in [0.5, 0.6) is 0 Å². The van der Waals surface area contributed by atoms with Gasteiger partial charge in [0.25, 0.3) is 11.9 Å². The summed E-state index contributed by atoms with van der Waals surface area (Å²) in [5.41, 5.74) is 0. The van der Waals surface area contributed by atoms with Crippen LogP contribution in [-0.4, -0.2) is 35.6 Å². The zero-order valence-corrected chi connectivity index (χ0v) is 11.2. The lowest BCUT2D eigenvalue weighted by Crippen LogP contribution is -2.51. The van der Waals surface area contributed by atoms with Gasteiger partial charge in [0.05, 0.1) is 0 Å². The van der Waals surface area contributed by atoms with Gasteiger partial charge < -0.3 is 14.2 Å². The lowest BCUT2D eigenvalue weighted by Gasteiger charge is -2.32. The Hall–Kier alpha value is -1.92. The van der Waals surface area contributed by atoms with Crippen molar-refractivity contribution in [2.75, 3.05) is 0 Å². The molecule has 1 rings (SSSR count). The van der Waals surface area contributed by atoms with Crippen LogP contribution in [0.25, 0.3) is 0 Å². The Bertz CT molecular complexity index is 404. The highest BCUT2D eigenvalue weighted by Gasteiger charge is 2.46. The Kier molecular flexibility index (Phi) is 4.28. The predicted octanol–water partition coefficient (Wildman–Crippen LogP) is 0.349. The normalized spacial score (nSPS) is 20.2. The van der Waals surface area contributed by atoms with Gasteiger partial charge in [-0.15, -0.1) is 0 Å². The average molecular weight is 272 g/mol. The van der Waals surface area contributed by atoms with E-state index in [0.717, 1.165) is 0 Å². The van der Waals surface area contributed by atoms with E-state index in [1.807, 2.05) is 0 Å². The van der Waals surface area contributed by atoms with Crippen LogP contribution >= 0.6 is 0 Å². The molecule has 0 aromatic rings. The van der Waals surface area contributed by atoms with Crippen LogP contribution in [0, 0.1) is 5.92 Å². The molecular formula is C12H16O7. The highest BCUT2D eigenvalue weighted by Crippen LogP contribution is 2.22. The van der Waals surface area contributed by atoms with E-state index >= 15 is 0 Å². The number of carbonyl (C=O) groups is 4. The van der Waals surface area contributed by atoms with Gasteiger partial charge in [-0.3, -0.25) is 9.59 Å². The molecule has 0 amide bonds. The molecule has 0 aliphatic carbocycles. The van der Waals surface area contributed by atoms with E-state index in [1.165, 1.54) is 20.8 Å². The lowest BCUT2D eigenvalue weighted by molar-refractivity contribution is -0.249. The van der Waals surface area contributed by atoms with Gasteiger partial charge in [0.1, 0.15) is 11.7 Å². The second-order valence-electron chi connectivity index (χ2n) is 4.63. The number of hydrogen-bond donors (Lipinski definition) is 0. The first kappa shape index (κ1) is 15.1. The number of ether oxygens (including phenoxy) is 3. The predicted molar refractivity (Wildman–Crippen MR) is 60.6 cm³/mol. The quantitative estimate of drug-likeness (QED) is 0.538. The van der Waals surface area contributed by atoms with Gasteiger partial charge in [0.15, 0.2) is 0 Å². The second-order valence-corrected chi connectivity index (χ2v) is 4.63. The molecule has 7 heteroatoms. The topological polar surface area (TPSA) is 96.0 Å². The Morgan fingerprint density at radius 2 is 1.74 bits per heavy atom. The number of carbonyl (C=O) groups excluding carboxylic acids is 4. The minimum Gasteiger partial charge on any atom is -0.437 e. The van der Waals surface area contributed by atoms with Crippen molar-refractivity contribution in [2.24, 2.45) is 5.92 Å². The van der Waals surface area contributed by atoms with Crippen LogP contribution < -0.4 is 0 Å². The maximum atomic E-state index is 11.7. The summed E-state index contributed by atoms with van der Waals surface area (Å²) in [6, 6.07) is 0. The van der Waals surface area contributed by atoms with Crippen molar-refractivity contribution >= 4 is 23.7 Å². The molecule has 0 radical (unpaired) electrons. The SMILES string of the molecule is CCC(C(C)=O)C(=O)OC1C(=O)OC(C)(C)OC1=O. The first-order valence-corrected chi connectivity index (χ1v) is 5.84. The molecule has 1 aliphatic heterocycles. The summed E-state index contributed by atoms with van der Waals surface area (Å²) in [6.45, 7) is 5.61. The number of Topliss-reactive ketones (excluding diaryl/α,β-unsaturated/α-hetero) is 1. The number of hydrogen-bond acceptors (Lipinski definition) is 7. The molecule has 1 unspecified atom stereocenters. The molecule has 0 bridgehead atoms. The van der Waals surface area contributed by atoms with Gasteiger partial charge in [0.2, 0.25) is 0 Å². The van der Waals surface area contributed by atoms with E-state index in [9.17, 15) is 19.2 Å². The fraction of sp³-hybridized carbons (Fsp3) is 0.667. The van der Waals surface area contributed by atoms with Crippen molar-refractivity contribution in [1.82, 2.24) is 0 Å². The molecule has 0 spiro atoms. The van der Waals surface area contributed by atoms with Gasteiger partial charge in [0, 0.05) is 13.8 Å². The number of cyclic esters (lactones) is 2. The highest BCUT2D eigenvalue weighted by atomic mass is 16.8. The molecule has 1 fully saturated rings. The molecule has 1 aliphatic rings. The van der Waals surface area contributed by atoms with Crippen LogP contribution in [0.15, 0.2) is 0 Å². The van der Waals surface area contributed by atoms with E-state index in [-0.39, 0.29) is 6.42 Å². The molecule has 1 atom stereocenters. The third-order valence-electron chi connectivity index (χ3n) is 2.54. The third kappa shape index (κ3) is 3.52. The standard InChI is InChI=1S/C12H16O7/c1-5-7(6(2)13)9(14)17-8-10(15)18-12(3,4)19-11(8)16/h7-8H,5H2,1-4H3. The smallest absolute Gasteiger partial charge is 0.362 e. The average Bonchev–Trinajstić information content (AvgIpc) is 2.22. The largest absolute Gasteiger partial charge is 0.437 e. The first-order chi connectivity index (χ1) is 8.68. The van der Waals surface area contributed by atoms with Gasteiger partial charge >= 0.3 is 17.9 Å². The molecule has 1 heterocycles. The van der Waals surface area contributed by atoms with Crippen molar-refractivity contribution in [1.29, 1.82) is 0 Å². The number of esters is 3. The van der Waals surface area contributed by atoms with Crippen LogP contribution in [0.3, 0.4) is 0 Å². The van der Waals surface area contributed by atoms with Gasteiger partial charge in [-0.2, -0.15) is 0 Å². The van der Waals surface area contributed by atoms with E-state index < -0.39 is 41.5 Å². The Morgan fingerprint density at radius 3 is 2.11 bits per heavy atom. The van der Waals surface area contributed by atoms with Crippen LogP contribution in [0.2, 0.25) is 0 Å². The van der Waals surface area contributed by atoms with E-state index in [1.54, 1.807) is 6.92 Å². The maximum absolute atomic E-state index is 11.7. The summed E-state index contributed by atoms with van der Waals surface area (Å²) >= 11 is 0. The van der Waals surface area contributed by atoms with Gasteiger partial charge in [-0.25, -0.2) is 9.59 Å². The molecule has 19 heavy (non-hydrogen) atoms. The summed E-state index contributed by atoms with van der Waals surface area (Å²) in [5, 5.41) is 0. The summed E-state index contributed by atoms with van der Waals surface area (Å²) in [7, 11) is 0. The molecular weight excluding hydrogens is 256 g/mol. The van der Waals surface area contributed by atoms with E-state index in [4.69, 9.17) is 14.2 Å². The monoisotopic (exact) mass is 272 g/mol. The Balaban J connectivity index is 2.77. The fourth-order valence-electron chi connectivity index (χ4n) is 1.62. The third-order valence-corrected chi connectivity index (χ3v) is 2.54. The number of rotatable bonds is 4. The minimum atomic E-state index is -1.77. The first-order valence-electron chi connectivity index (χ1n) is 5.84. The molecule has 7 nitrogen and oxygen atoms in total. The van der Waals surface area contributed by atoms with E-state index in [2.05, 4.69) is 0 Å². The summed E-state index contributed by atoms with van der Waals surface area (Å²) < 4.78 is 14.3. The Morgan fingerprint density at radius 1 is 1.26 bits per heavy atom. The summed E-state index contributed by atoms with van der Waals surface area (Å²) in [4.78, 5) is 46.0. The minimum absolute atomic E-state index is 0.219.